The summed E-state index contributed by atoms with van der Waals surface area (Å²) in [7, 11) is 0. The maximum Gasteiger partial charge on any atom is 0.471 e. The number of carbonyl (C=O) groups is 1. The lowest BCUT2D eigenvalue weighted by Crippen LogP contribution is -2.45. The number of hydrogen-bond donors (Lipinski definition) is 0. The van der Waals surface area contributed by atoms with Gasteiger partial charge in [-0.05, 0) is 18.8 Å². The van der Waals surface area contributed by atoms with E-state index in [4.69, 9.17) is 0 Å². The third-order valence-corrected chi connectivity index (χ3v) is 3.11. The van der Waals surface area contributed by atoms with Crippen LogP contribution in [0, 0.1) is 5.92 Å². The van der Waals surface area contributed by atoms with Gasteiger partial charge < -0.3 is 4.90 Å². The van der Waals surface area contributed by atoms with Crippen LogP contribution in [0.25, 0.3) is 0 Å². The number of hydrogen-bond acceptors (Lipinski definition) is 1. The summed E-state index contributed by atoms with van der Waals surface area (Å²) < 4.78 is 36.4. The summed E-state index contributed by atoms with van der Waals surface area (Å²) in [6.07, 6.45) is 0.0179. The average molecular weight is 237 g/mol. The predicted molar refractivity (Wildman–Crippen MR) is 54.9 cm³/mol. The van der Waals surface area contributed by atoms with Crippen LogP contribution in [0.1, 0.15) is 39.0 Å². The third kappa shape index (κ3) is 3.68. The minimum Gasteiger partial charge on any atom is -0.335 e. The van der Waals surface area contributed by atoms with Gasteiger partial charge in [0.2, 0.25) is 0 Å². The van der Waals surface area contributed by atoms with Crippen LogP contribution in [-0.2, 0) is 4.79 Å². The Morgan fingerprint density at radius 1 is 1.31 bits per heavy atom. The Kier molecular flexibility index (Phi) is 4.62. The first-order chi connectivity index (χ1) is 7.45. The summed E-state index contributed by atoms with van der Waals surface area (Å²) >= 11 is 0. The smallest absolute Gasteiger partial charge is 0.335 e. The second-order valence-electron chi connectivity index (χ2n) is 4.38. The Morgan fingerprint density at radius 2 is 1.88 bits per heavy atom. The molecule has 1 amide bonds. The van der Waals surface area contributed by atoms with Crippen LogP contribution >= 0.6 is 0 Å². The van der Waals surface area contributed by atoms with E-state index < -0.39 is 12.1 Å². The van der Waals surface area contributed by atoms with E-state index >= 15 is 0 Å². The zero-order valence-electron chi connectivity index (χ0n) is 9.52. The van der Waals surface area contributed by atoms with E-state index in [1.54, 1.807) is 0 Å². The van der Waals surface area contributed by atoms with Crippen LogP contribution in [-0.4, -0.2) is 30.1 Å². The van der Waals surface area contributed by atoms with Crippen molar-refractivity contribution >= 4 is 5.91 Å². The quantitative estimate of drug-likeness (QED) is 0.739. The molecule has 0 aromatic rings. The minimum absolute atomic E-state index is 0.257. The third-order valence-electron chi connectivity index (χ3n) is 3.11. The van der Waals surface area contributed by atoms with Gasteiger partial charge in [-0.15, -0.1) is 0 Å². The first-order valence-electron chi connectivity index (χ1n) is 5.81. The molecule has 5 heteroatoms. The fourth-order valence-corrected chi connectivity index (χ4v) is 2.10. The molecule has 94 valence electrons. The minimum atomic E-state index is -4.71. The molecule has 1 rings (SSSR count). The summed E-state index contributed by atoms with van der Waals surface area (Å²) in [6.45, 7) is 2.61. The Bertz CT molecular complexity index is 232. The highest BCUT2D eigenvalue weighted by atomic mass is 19.4. The maximum absolute atomic E-state index is 12.1. The Labute approximate surface area is 93.8 Å². The molecule has 1 fully saturated rings. The van der Waals surface area contributed by atoms with Crippen LogP contribution in [0.2, 0.25) is 0 Å². The fourth-order valence-electron chi connectivity index (χ4n) is 2.10. The number of alkyl halides is 3. The normalized spacial score (nSPS) is 18.9. The van der Waals surface area contributed by atoms with E-state index in [2.05, 4.69) is 6.92 Å². The number of amides is 1. The van der Waals surface area contributed by atoms with Gasteiger partial charge in [-0.3, -0.25) is 4.79 Å². The predicted octanol–water partition coefficient (Wildman–Crippen LogP) is 2.98. The second kappa shape index (κ2) is 5.55. The number of carbonyl (C=O) groups excluding carboxylic acids is 1. The van der Waals surface area contributed by atoms with Crippen molar-refractivity contribution in [3.05, 3.63) is 0 Å². The molecule has 0 bridgehead atoms. The molecule has 1 aliphatic heterocycles. The molecule has 0 aromatic heterocycles. The van der Waals surface area contributed by atoms with Crippen molar-refractivity contribution < 1.29 is 18.0 Å². The Morgan fingerprint density at radius 3 is 2.31 bits per heavy atom. The first-order valence-corrected chi connectivity index (χ1v) is 5.81. The number of nitrogens with zero attached hydrogens (tertiary/aromatic N) is 1. The van der Waals surface area contributed by atoms with Gasteiger partial charge in [0.05, 0.1) is 0 Å². The van der Waals surface area contributed by atoms with E-state index in [-0.39, 0.29) is 13.1 Å². The molecule has 1 saturated heterocycles. The van der Waals surface area contributed by atoms with Crippen molar-refractivity contribution in [3.8, 4) is 0 Å². The van der Waals surface area contributed by atoms with Gasteiger partial charge in [0.1, 0.15) is 0 Å². The van der Waals surface area contributed by atoms with Gasteiger partial charge in [0, 0.05) is 13.1 Å². The number of unbranched alkanes of at least 4 members (excludes halogenated alkanes) is 1. The highest BCUT2D eigenvalue weighted by Crippen LogP contribution is 2.26. The molecule has 1 aliphatic rings. The standard InChI is InChI=1S/C11H18F3NO/c1-2-3-4-9-5-7-15(8-6-9)10(16)11(12,13)14/h9H,2-8H2,1H3. The van der Waals surface area contributed by atoms with Gasteiger partial charge in [0.25, 0.3) is 0 Å². The summed E-state index contributed by atoms with van der Waals surface area (Å²) in [5.74, 6) is -1.18. The van der Waals surface area contributed by atoms with Crippen LogP contribution in [0.5, 0.6) is 0 Å². The van der Waals surface area contributed by atoms with Crippen LogP contribution in [0.3, 0.4) is 0 Å². The Hall–Kier alpha value is -0.740. The molecule has 1 heterocycles. The first kappa shape index (κ1) is 13.3. The van der Waals surface area contributed by atoms with Gasteiger partial charge >= 0.3 is 12.1 Å². The summed E-state index contributed by atoms with van der Waals surface area (Å²) in [5.41, 5.74) is 0. The van der Waals surface area contributed by atoms with Gasteiger partial charge in [-0.2, -0.15) is 13.2 Å². The summed E-state index contributed by atoms with van der Waals surface area (Å²) in [5, 5.41) is 0. The zero-order chi connectivity index (χ0) is 12.2. The molecule has 0 aliphatic carbocycles. The zero-order valence-corrected chi connectivity index (χ0v) is 9.52. The van der Waals surface area contributed by atoms with Gasteiger partial charge in [0.15, 0.2) is 0 Å². The molecule has 0 aromatic carbocycles. The lowest BCUT2D eigenvalue weighted by molar-refractivity contribution is -0.186. The van der Waals surface area contributed by atoms with E-state index in [1.165, 1.54) is 0 Å². The highest BCUT2D eigenvalue weighted by molar-refractivity contribution is 5.81. The van der Waals surface area contributed by atoms with E-state index in [0.29, 0.717) is 18.8 Å². The largest absolute Gasteiger partial charge is 0.471 e. The van der Waals surface area contributed by atoms with Crippen LogP contribution in [0.15, 0.2) is 0 Å². The molecular weight excluding hydrogens is 219 g/mol. The second-order valence-corrected chi connectivity index (χ2v) is 4.38. The number of rotatable bonds is 3. The van der Waals surface area contributed by atoms with E-state index in [0.717, 1.165) is 24.2 Å². The number of piperidine rings is 1. The monoisotopic (exact) mass is 237 g/mol. The van der Waals surface area contributed by atoms with Gasteiger partial charge in [-0.25, -0.2) is 0 Å². The maximum atomic E-state index is 12.1. The van der Waals surface area contributed by atoms with Gasteiger partial charge in [-0.1, -0.05) is 26.2 Å². The average Bonchev–Trinajstić information content (AvgIpc) is 2.25. The summed E-state index contributed by atoms with van der Waals surface area (Å²) in [4.78, 5) is 11.9. The molecule has 2 nitrogen and oxygen atoms in total. The van der Waals surface area contributed by atoms with E-state index in [9.17, 15) is 18.0 Å². The van der Waals surface area contributed by atoms with E-state index in [1.807, 2.05) is 0 Å². The fraction of sp³-hybridized carbons (Fsp3) is 0.909. The molecule has 0 atom stereocenters. The molecule has 0 radical (unpaired) electrons. The van der Waals surface area contributed by atoms with Crippen molar-refractivity contribution in [2.75, 3.05) is 13.1 Å². The molecule has 0 saturated carbocycles. The van der Waals surface area contributed by atoms with Crippen LogP contribution in [0.4, 0.5) is 13.2 Å². The molecule has 16 heavy (non-hydrogen) atoms. The Balaban J connectivity index is 2.34. The van der Waals surface area contributed by atoms with Crippen molar-refractivity contribution in [2.24, 2.45) is 5.92 Å². The van der Waals surface area contributed by atoms with Crippen molar-refractivity contribution in [1.82, 2.24) is 4.90 Å². The number of halogens is 3. The molecule has 0 spiro atoms. The SMILES string of the molecule is CCCCC1CCN(C(=O)C(F)(F)F)CC1. The molecule has 0 unspecified atom stereocenters. The molecular formula is C11H18F3NO. The van der Waals surface area contributed by atoms with Crippen molar-refractivity contribution in [1.29, 1.82) is 0 Å². The van der Waals surface area contributed by atoms with Crippen molar-refractivity contribution in [3.63, 3.8) is 0 Å². The highest BCUT2D eigenvalue weighted by Gasteiger charge is 2.43. The lowest BCUT2D eigenvalue weighted by Gasteiger charge is -2.32. The van der Waals surface area contributed by atoms with Crippen molar-refractivity contribution in [2.45, 2.75) is 45.2 Å². The number of likely N-dealkylation sites (tertiary alicyclic amines) is 1. The molecule has 0 N–H and O–H groups in total. The topological polar surface area (TPSA) is 20.3 Å². The van der Waals surface area contributed by atoms with Crippen LogP contribution < -0.4 is 0 Å². The lowest BCUT2D eigenvalue weighted by atomic mass is 9.91. The summed E-state index contributed by atoms with van der Waals surface area (Å²) in [6, 6.07) is 0.